The fraction of sp³-hybridized carbons (Fsp3) is 0.212. The van der Waals surface area contributed by atoms with E-state index in [1.165, 1.54) is 18.2 Å². The van der Waals surface area contributed by atoms with Crippen molar-refractivity contribution in [1.82, 2.24) is 10.6 Å². The van der Waals surface area contributed by atoms with Crippen LogP contribution in [0, 0.1) is 11.6 Å². The minimum Gasteiger partial charge on any atom is -0.478 e. The summed E-state index contributed by atoms with van der Waals surface area (Å²) in [6, 6.07) is 54.5. The summed E-state index contributed by atoms with van der Waals surface area (Å²) in [4.78, 5) is 53.6. The van der Waals surface area contributed by atoms with E-state index in [4.69, 9.17) is 5.73 Å². The van der Waals surface area contributed by atoms with E-state index < -0.39 is 11.9 Å². The Morgan fingerprint density at radius 1 is 0.526 bits per heavy atom. The Kier molecular flexibility index (Phi) is 18.8. The number of nitrogens with one attached hydrogen (secondary N) is 2. The maximum Gasteiger partial charge on any atom is 0.336 e. The molecular formula is C66H67F2N5O5. The molecule has 0 bridgehead atoms. The molecule has 0 saturated heterocycles. The molecule has 5 N–H and O–H groups in total. The first-order valence-corrected chi connectivity index (χ1v) is 25.6. The van der Waals surface area contributed by atoms with Crippen molar-refractivity contribution < 1.29 is 33.1 Å². The SMILES string of the molecule is C.C.C[C@H](NC(=O)c1ccc2c(c1)CCCN2Cc1ccc(-c2ccccc2C(=O)O)cc1F)c1ccccc1.C[C@H](NC(=O)c1ccc2c(c1)CCCN2Cc1ccc(-c2ccccc2C(N)=O)cc1F)c1ccccc1. The van der Waals surface area contributed by atoms with Gasteiger partial charge in [0, 0.05) is 65.4 Å². The van der Waals surface area contributed by atoms with Gasteiger partial charge in [0.1, 0.15) is 11.6 Å². The maximum atomic E-state index is 15.2. The highest BCUT2D eigenvalue weighted by molar-refractivity contribution is 6.00. The Morgan fingerprint density at radius 2 is 0.923 bits per heavy atom. The van der Waals surface area contributed by atoms with Gasteiger partial charge in [-0.3, -0.25) is 14.4 Å². The van der Waals surface area contributed by atoms with Crippen molar-refractivity contribution in [3.63, 3.8) is 0 Å². The Morgan fingerprint density at radius 3 is 1.33 bits per heavy atom. The molecule has 3 amide bonds. The van der Waals surface area contributed by atoms with Gasteiger partial charge in [0.25, 0.3) is 11.8 Å². The van der Waals surface area contributed by atoms with Crippen LogP contribution in [0.2, 0.25) is 0 Å². The second-order valence-electron chi connectivity index (χ2n) is 19.3. The minimum absolute atomic E-state index is 0. The zero-order chi connectivity index (χ0) is 53.3. The van der Waals surface area contributed by atoms with E-state index in [1.54, 1.807) is 60.7 Å². The lowest BCUT2D eigenvalue weighted by atomic mass is 9.96. The van der Waals surface area contributed by atoms with Crippen molar-refractivity contribution in [3.05, 3.63) is 249 Å². The van der Waals surface area contributed by atoms with Crippen LogP contribution in [0.1, 0.15) is 128 Å². The number of nitrogens with two attached hydrogens (primary N) is 1. The van der Waals surface area contributed by atoms with E-state index in [9.17, 15) is 24.3 Å². The molecule has 8 aromatic rings. The third-order valence-corrected chi connectivity index (χ3v) is 14.2. The topological polar surface area (TPSA) is 145 Å². The summed E-state index contributed by atoms with van der Waals surface area (Å²) in [5.74, 6) is -2.53. The smallest absolute Gasteiger partial charge is 0.336 e. The van der Waals surface area contributed by atoms with Gasteiger partial charge in [-0.1, -0.05) is 136 Å². The van der Waals surface area contributed by atoms with Crippen LogP contribution in [0.15, 0.2) is 182 Å². The zero-order valence-corrected chi connectivity index (χ0v) is 42.4. The monoisotopic (exact) mass is 1050 g/mol. The summed E-state index contributed by atoms with van der Waals surface area (Å²) in [5.41, 5.74) is 16.9. The lowest BCUT2D eigenvalue weighted by molar-refractivity contribution is 0.0696. The fourth-order valence-corrected chi connectivity index (χ4v) is 10.1. The quantitative estimate of drug-likeness (QED) is 0.0848. The normalized spacial score (nSPS) is 13.1. The van der Waals surface area contributed by atoms with Crippen LogP contribution >= 0.6 is 0 Å². The second-order valence-corrected chi connectivity index (χ2v) is 19.3. The Labute approximate surface area is 456 Å². The van der Waals surface area contributed by atoms with E-state index >= 15 is 8.78 Å². The third kappa shape index (κ3) is 13.2. The Bertz CT molecular complexity index is 3200. The molecule has 0 aliphatic carbocycles. The maximum absolute atomic E-state index is 15.2. The standard InChI is InChI=1S/C32H30FN3O2.C32H29FN2O3.2CH4/c1-21(22-8-3-2-4-9-22)35-32(38)25-15-16-30-24(18-25)10-7-17-36(30)20-26-14-13-23(19-29(26)33)27-11-5-6-12-28(27)31(34)37;1-21(22-8-3-2-4-9-22)34-31(36)25-15-16-30-24(18-25)10-7-17-35(30)20-26-14-13-23(19-29(26)33)27-11-5-6-12-28(27)32(37)38;;/h2-6,8-9,11-16,18-19,21H,7,10,17,20H2,1H3,(H2,34,37)(H,35,38);2-6,8-9,11-16,18-19,21H,7,10,17,20H2,1H3,(H,34,36)(H,37,38);2*1H4/t2*21-;;/m00../s1. The second kappa shape index (κ2) is 25.8. The van der Waals surface area contributed by atoms with Gasteiger partial charge in [0.15, 0.2) is 0 Å². The van der Waals surface area contributed by atoms with E-state index in [1.807, 2.05) is 117 Å². The van der Waals surface area contributed by atoms with Crippen molar-refractivity contribution in [1.29, 1.82) is 0 Å². The Balaban J connectivity index is 0.000000220. The molecule has 2 aliphatic rings. The molecule has 8 aromatic carbocycles. The first-order chi connectivity index (χ1) is 36.8. The third-order valence-electron chi connectivity index (χ3n) is 14.2. The molecule has 0 aromatic heterocycles. The summed E-state index contributed by atoms with van der Waals surface area (Å²) in [5, 5.41) is 15.6. The largest absolute Gasteiger partial charge is 0.478 e. The molecule has 2 heterocycles. The highest BCUT2D eigenvalue weighted by Crippen LogP contribution is 2.34. The number of aryl methyl sites for hydroxylation is 2. The highest BCUT2D eigenvalue weighted by atomic mass is 19.1. The number of hydrogen-bond acceptors (Lipinski definition) is 6. The van der Waals surface area contributed by atoms with Crippen LogP contribution < -0.4 is 26.2 Å². The number of carbonyl (C=O) groups excluding carboxylic acids is 3. The van der Waals surface area contributed by atoms with Gasteiger partial charge in [-0.15, -0.1) is 0 Å². The number of carboxylic acid groups (broad SMARTS) is 1. The van der Waals surface area contributed by atoms with Crippen LogP contribution in [0.5, 0.6) is 0 Å². The van der Waals surface area contributed by atoms with Crippen LogP contribution in [-0.2, 0) is 25.9 Å². The number of nitrogens with zero attached hydrogens (tertiary/aromatic N) is 2. The zero-order valence-electron chi connectivity index (χ0n) is 42.4. The predicted octanol–water partition coefficient (Wildman–Crippen LogP) is 13.9. The van der Waals surface area contributed by atoms with Gasteiger partial charge in [0.2, 0.25) is 5.91 Å². The summed E-state index contributed by atoms with van der Waals surface area (Å²) in [7, 11) is 0. The number of aromatic carboxylic acids is 1. The fourth-order valence-electron chi connectivity index (χ4n) is 10.1. The molecule has 0 saturated carbocycles. The molecule has 2 atom stereocenters. The molecule has 12 heteroatoms. The number of halogens is 2. The molecule has 2 aliphatic heterocycles. The summed E-state index contributed by atoms with van der Waals surface area (Å²) < 4.78 is 30.4. The first-order valence-electron chi connectivity index (χ1n) is 25.6. The van der Waals surface area contributed by atoms with Crippen molar-refractivity contribution in [3.8, 4) is 22.3 Å². The van der Waals surface area contributed by atoms with E-state index in [2.05, 4.69) is 20.4 Å². The van der Waals surface area contributed by atoms with Crippen molar-refractivity contribution in [2.75, 3.05) is 22.9 Å². The molecule has 78 heavy (non-hydrogen) atoms. The van der Waals surface area contributed by atoms with Crippen LogP contribution in [-0.4, -0.2) is 41.9 Å². The lowest BCUT2D eigenvalue weighted by Crippen LogP contribution is -2.30. The molecule has 10 nitrogen and oxygen atoms in total. The van der Waals surface area contributed by atoms with Crippen LogP contribution in [0.25, 0.3) is 22.3 Å². The number of rotatable bonds is 14. The molecule has 0 spiro atoms. The van der Waals surface area contributed by atoms with E-state index in [-0.39, 0.29) is 55.9 Å². The molecular weight excluding hydrogens is 981 g/mol. The number of carboxylic acids is 1. The minimum atomic E-state index is -1.04. The number of benzene rings is 8. The average molecular weight is 1050 g/mol. The summed E-state index contributed by atoms with van der Waals surface area (Å²) in [6.07, 6.45) is 3.55. The molecule has 10 rings (SSSR count). The molecule has 0 unspecified atom stereocenters. The van der Waals surface area contributed by atoms with Gasteiger partial charge in [-0.05, 0) is 145 Å². The van der Waals surface area contributed by atoms with E-state index in [0.29, 0.717) is 63.2 Å². The number of fused-ring (bicyclic) bond motifs is 2. The van der Waals surface area contributed by atoms with Crippen molar-refractivity contribution >= 4 is 35.1 Å². The molecule has 400 valence electrons. The lowest BCUT2D eigenvalue weighted by Gasteiger charge is -2.32. The van der Waals surface area contributed by atoms with Gasteiger partial charge < -0.3 is 31.3 Å². The van der Waals surface area contributed by atoms with E-state index in [0.717, 1.165) is 72.4 Å². The van der Waals surface area contributed by atoms with Crippen LogP contribution in [0.3, 0.4) is 0 Å². The first kappa shape index (κ1) is 56.8. The van der Waals surface area contributed by atoms with Gasteiger partial charge in [-0.2, -0.15) is 0 Å². The van der Waals surface area contributed by atoms with Crippen molar-refractivity contribution in [2.24, 2.45) is 5.73 Å². The summed E-state index contributed by atoms with van der Waals surface area (Å²) >= 11 is 0. The number of primary amides is 1. The van der Waals surface area contributed by atoms with Gasteiger partial charge in [-0.25, -0.2) is 13.6 Å². The highest BCUT2D eigenvalue weighted by Gasteiger charge is 2.24. The number of hydrogen-bond donors (Lipinski definition) is 4. The molecule has 0 fully saturated rings. The van der Waals surface area contributed by atoms with Crippen LogP contribution in [0.4, 0.5) is 20.2 Å². The number of amides is 3. The van der Waals surface area contributed by atoms with Gasteiger partial charge in [0.05, 0.1) is 17.6 Å². The predicted molar refractivity (Wildman–Crippen MR) is 309 cm³/mol. The average Bonchev–Trinajstić information content (AvgIpc) is 3.48. The number of carbonyl (C=O) groups is 4. The summed E-state index contributed by atoms with van der Waals surface area (Å²) in [6.45, 7) is 6.32. The van der Waals surface area contributed by atoms with Crippen molar-refractivity contribution in [2.45, 2.75) is 79.6 Å². The number of anilines is 2. The van der Waals surface area contributed by atoms with Gasteiger partial charge >= 0.3 is 5.97 Å². The molecule has 0 radical (unpaired) electrons. The Hall–Kier alpha value is -8.90.